The fourth-order valence-corrected chi connectivity index (χ4v) is 3.80. The van der Waals surface area contributed by atoms with Crippen LogP contribution in [0.2, 0.25) is 0 Å². The van der Waals surface area contributed by atoms with Crippen molar-refractivity contribution >= 4 is 23.5 Å². The van der Waals surface area contributed by atoms with Gasteiger partial charge < -0.3 is 14.4 Å². The summed E-state index contributed by atoms with van der Waals surface area (Å²) < 4.78 is 10.3. The lowest BCUT2D eigenvalue weighted by Crippen LogP contribution is -2.46. The lowest BCUT2D eigenvalue weighted by Gasteiger charge is -2.34. The maximum Gasteiger partial charge on any atom is 0.339 e. The molecule has 138 valence electrons. The molecule has 0 saturated heterocycles. The lowest BCUT2D eigenvalue weighted by atomic mass is 9.94. The Kier molecular flexibility index (Phi) is 4.39. The van der Waals surface area contributed by atoms with Crippen molar-refractivity contribution in [2.45, 2.75) is 25.4 Å². The summed E-state index contributed by atoms with van der Waals surface area (Å²) in [5, 5.41) is 0. The van der Waals surface area contributed by atoms with Gasteiger partial charge >= 0.3 is 11.9 Å². The van der Waals surface area contributed by atoms with Gasteiger partial charge in [-0.2, -0.15) is 0 Å². The number of cyclic esters (lactones) is 1. The third kappa shape index (κ3) is 2.97. The van der Waals surface area contributed by atoms with Crippen LogP contribution in [-0.4, -0.2) is 37.6 Å². The molecule has 1 atom stereocenters. The average molecular weight is 365 g/mol. The van der Waals surface area contributed by atoms with Gasteiger partial charge in [-0.05, 0) is 42.2 Å². The molecule has 1 amide bonds. The smallest absolute Gasteiger partial charge is 0.339 e. The second-order valence-electron chi connectivity index (χ2n) is 6.64. The highest BCUT2D eigenvalue weighted by Gasteiger charge is 2.36. The Morgan fingerprint density at radius 1 is 1.15 bits per heavy atom. The van der Waals surface area contributed by atoms with E-state index in [9.17, 15) is 14.4 Å². The number of nitrogens with zero attached hydrogens (tertiary/aromatic N) is 1. The minimum absolute atomic E-state index is 0.263. The molecular formula is C21H19NO5. The number of methoxy groups -OCH3 is 1. The highest BCUT2D eigenvalue weighted by molar-refractivity contribution is 6.03. The first-order valence-corrected chi connectivity index (χ1v) is 8.90. The molecule has 4 rings (SSSR count). The Labute approximate surface area is 156 Å². The number of hydrogen-bond acceptors (Lipinski definition) is 5. The maximum atomic E-state index is 13.2. The normalized spacial score (nSPS) is 18.2. The van der Waals surface area contributed by atoms with Crippen molar-refractivity contribution in [1.82, 2.24) is 0 Å². The summed E-state index contributed by atoms with van der Waals surface area (Å²) in [5.41, 5.74) is 3.27. The van der Waals surface area contributed by atoms with Crippen molar-refractivity contribution in [2.24, 2.45) is 0 Å². The van der Waals surface area contributed by atoms with E-state index >= 15 is 0 Å². The second-order valence-corrected chi connectivity index (χ2v) is 6.64. The predicted molar refractivity (Wildman–Crippen MR) is 97.8 cm³/mol. The van der Waals surface area contributed by atoms with Gasteiger partial charge in [-0.15, -0.1) is 0 Å². The second kappa shape index (κ2) is 6.87. The van der Waals surface area contributed by atoms with Crippen molar-refractivity contribution in [1.29, 1.82) is 0 Å². The van der Waals surface area contributed by atoms with E-state index in [1.54, 1.807) is 29.2 Å². The largest absolute Gasteiger partial charge is 0.465 e. The number of ether oxygens (including phenoxy) is 2. The molecule has 0 unspecified atom stereocenters. The van der Waals surface area contributed by atoms with E-state index < -0.39 is 18.0 Å². The van der Waals surface area contributed by atoms with Crippen LogP contribution in [0.3, 0.4) is 0 Å². The molecule has 0 fully saturated rings. The number of fused-ring (bicyclic) bond motifs is 2. The molecule has 6 heteroatoms. The molecule has 0 bridgehead atoms. The molecule has 2 aromatic carbocycles. The molecule has 0 radical (unpaired) electrons. The molecule has 2 aromatic rings. The molecule has 0 spiro atoms. The predicted octanol–water partition coefficient (Wildman–Crippen LogP) is 2.53. The van der Waals surface area contributed by atoms with E-state index in [1.807, 2.05) is 18.2 Å². The van der Waals surface area contributed by atoms with Gasteiger partial charge in [0.15, 0.2) is 6.10 Å². The number of benzene rings is 2. The summed E-state index contributed by atoms with van der Waals surface area (Å²) in [4.78, 5) is 39.1. The van der Waals surface area contributed by atoms with Crippen LogP contribution in [0, 0.1) is 0 Å². The Hall–Kier alpha value is -3.15. The molecule has 0 aliphatic carbocycles. The van der Waals surface area contributed by atoms with E-state index in [-0.39, 0.29) is 5.91 Å². The molecule has 0 N–H and O–H groups in total. The first kappa shape index (κ1) is 17.3. The zero-order chi connectivity index (χ0) is 19.0. The van der Waals surface area contributed by atoms with Crippen LogP contribution in [0.25, 0.3) is 0 Å². The van der Waals surface area contributed by atoms with E-state index in [4.69, 9.17) is 9.47 Å². The minimum Gasteiger partial charge on any atom is -0.465 e. The Morgan fingerprint density at radius 3 is 2.78 bits per heavy atom. The van der Waals surface area contributed by atoms with Gasteiger partial charge in [-0.25, -0.2) is 9.59 Å². The van der Waals surface area contributed by atoms with Gasteiger partial charge in [0, 0.05) is 18.7 Å². The van der Waals surface area contributed by atoms with Crippen molar-refractivity contribution in [2.75, 3.05) is 18.6 Å². The summed E-state index contributed by atoms with van der Waals surface area (Å²) in [6.45, 7) is 0.520. The van der Waals surface area contributed by atoms with Gasteiger partial charge in [-0.1, -0.05) is 24.3 Å². The van der Waals surface area contributed by atoms with Crippen LogP contribution in [0.5, 0.6) is 0 Å². The molecule has 2 aliphatic rings. The van der Waals surface area contributed by atoms with Crippen molar-refractivity contribution in [3.8, 4) is 0 Å². The van der Waals surface area contributed by atoms with E-state index in [0.717, 1.165) is 17.5 Å². The molecule has 2 heterocycles. The number of rotatable bonds is 2. The van der Waals surface area contributed by atoms with Crippen LogP contribution < -0.4 is 4.90 Å². The van der Waals surface area contributed by atoms with E-state index in [2.05, 4.69) is 0 Å². The van der Waals surface area contributed by atoms with Gasteiger partial charge in [0.05, 0.1) is 18.2 Å². The maximum absolute atomic E-state index is 13.2. The van der Waals surface area contributed by atoms with Gasteiger partial charge in [0.25, 0.3) is 5.91 Å². The summed E-state index contributed by atoms with van der Waals surface area (Å²) >= 11 is 0. The van der Waals surface area contributed by atoms with E-state index in [0.29, 0.717) is 36.2 Å². The van der Waals surface area contributed by atoms with Crippen LogP contribution >= 0.6 is 0 Å². The van der Waals surface area contributed by atoms with Gasteiger partial charge in [-0.3, -0.25) is 4.79 Å². The lowest BCUT2D eigenvalue weighted by molar-refractivity contribution is -0.127. The van der Waals surface area contributed by atoms with Crippen molar-refractivity contribution in [3.63, 3.8) is 0 Å². The number of hydrogen-bond donors (Lipinski definition) is 0. The first-order valence-electron chi connectivity index (χ1n) is 8.90. The number of amides is 1. The zero-order valence-electron chi connectivity index (χ0n) is 14.9. The molecule has 2 aliphatic heterocycles. The summed E-state index contributed by atoms with van der Waals surface area (Å²) in [6, 6.07) is 12.4. The molecular weight excluding hydrogens is 346 g/mol. The minimum atomic E-state index is -0.861. The average Bonchev–Trinajstić information content (AvgIpc) is 2.71. The Morgan fingerprint density at radius 2 is 1.96 bits per heavy atom. The van der Waals surface area contributed by atoms with Crippen LogP contribution in [0.1, 0.15) is 38.3 Å². The van der Waals surface area contributed by atoms with Gasteiger partial charge in [0.2, 0.25) is 0 Å². The summed E-state index contributed by atoms with van der Waals surface area (Å²) in [5.74, 6) is -1.16. The van der Waals surface area contributed by atoms with Crippen LogP contribution in [0.15, 0.2) is 42.5 Å². The van der Waals surface area contributed by atoms with Gasteiger partial charge in [0.1, 0.15) is 0 Å². The third-order valence-electron chi connectivity index (χ3n) is 5.09. The highest BCUT2D eigenvalue weighted by atomic mass is 16.5. The third-order valence-corrected chi connectivity index (χ3v) is 5.09. The monoisotopic (exact) mass is 365 g/mol. The topological polar surface area (TPSA) is 72.9 Å². The molecule has 27 heavy (non-hydrogen) atoms. The van der Waals surface area contributed by atoms with E-state index in [1.165, 1.54) is 7.11 Å². The molecule has 0 saturated carbocycles. The SMILES string of the molecule is COC(=O)c1cccc2c1CCCN2C(=O)[C@@H]1Cc2ccccc2C(=O)O1. The quantitative estimate of drug-likeness (QED) is 0.765. The number of carbonyl (C=O) groups is 3. The molecule has 0 aromatic heterocycles. The summed E-state index contributed by atoms with van der Waals surface area (Å²) in [7, 11) is 1.34. The number of carbonyl (C=O) groups excluding carboxylic acids is 3. The standard InChI is InChI=1S/C21H19NO5/c1-26-20(24)16-8-4-10-17-15(16)9-5-11-22(17)19(23)18-12-13-6-2-3-7-14(13)21(25)27-18/h2-4,6-8,10,18H,5,9,11-12H2,1H3/t18-/m0/s1. The fourth-order valence-electron chi connectivity index (χ4n) is 3.80. The zero-order valence-corrected chi connectivity index (χ0v) is 14.9. The highest BCUT2D eigenvalue weighted by Crippen LogP contribution is 2.32. The van der Waals surface area contributed by atoms with Crippen LogP contribution in [0.4, 0.5) is 5.69 Å². The fraction of sp³-hybridized carbons (Fsp3) is 0.286. The number of anilines is 1. The van der Waals surface area contributed by atoms with Crippen LogP contribution in [-0.2, 0) is 27.1 Å². The number of esters is 2. The summed E-state index contributed by atoms with van der Waals surface area (Å²) in [6.07, 6.45) is 0.908. The van der Waals surface area contributed by atoms with Crippen molar-refractivity contribution in [3.05, 3.63) is 64.7 Å². The Bertz CT molecular complexity index is 936. The first-order chi connectivity index (χ1) is 13.1. The Balaban J connectivity index is 1.65. The van der Waals surface area contributed by atoms with Crippen molar-refractivity contribution < 1.29 is 23.9 Å². The molecule has 6 nitrogen and oxygen atoms in total.